The van der Waals surface area contributed by atoms with Crippen LogP contribution in [0.25, 0.3) is 0 Å². The normalized spacial score (nSPS) is 9.83. The van der Waals surface area contributed by atoms with Crippen LogP contribution in [0.5, 0.6) is 0 Å². The number of anilines is 1. The molecule has 0 saturated carbocycles. The molecule has 0 aliphatic heterocycles. The predicted octanol–water partition coefficient (Wildman–Crippen LogP) is 3.64. The standard InChI is InChI=1S/C12H9BrN2OS2/c13-9-6-7-18-11(9)15-12(17)14-10(16)8-4-2-1-3-5-8/h1-7H,(H2,14,15,16,17). The van der Waals surface area contributed by atoms with E-state index in [9.17, 15) is 4.79 Å². The molecule has 0 bridgehead atoms. The molecule has 2 aromatic rings. The lowest BCUT2D eigenvalue weighted by atomic mass is 10.2. The summed E-state index contributed by atoms with van der Waals surface area (Å²) in [6, 6.07) is 10.9. The van der Waals surface area contributed by atoms with Crippen LogP contribution in [0.15, 0.2) is 46.3 Å². The van der Waals surface area contributed by atoms with Gasteiger partial charge in [0.05, 0.1) is 4.47 Å². The summed E-state index contributed by atoms with van der Waals surface area (Å²) >= 11 is 9.97. The number of thiocarbonyl (C=S) groups is 1. The molecule has 0 unspecified atom stereocenters. The van der Waals surface area contributed by atoms with Crippen LogP contribution in [0.1, 0.15) is 10.4 Å². The van der Waals surface area contributed by atoms with E-state index in [0.29, 0.717) is 5.56 Å². The van der Waals surface area contributed by atoms with Gasteiger partial charge in [-0.2, -0.15) is 0 Å². The lowest BCUT2D eigenvalue weighted by molar-refractivity contribution is 0.0978. The number of carbonyl (C=O) groups excluding carboxylic acids is 1. The van der Waals surface area contributed by atoms with Gasteiger partial charge in [0.15, 0.2) is 5.11 Å². The van der Waals surface area contributed by atoms with Crippen LogP contribution in [-0.2, 0) is 0 Å². The third kappa shape index (κ3) is 3.38. The SMILES string of the molecule is O=C(NC(=S)Nc1sccc1Br)c1ccccc1. The van der Waals surface area contributed by atoms with Crippen molar-refractivity contribution >= 4 is 55.5 Å². The second kappa shape index (κ2) is 6.08. The van der Waals surface area contributed by atoms with Crippen molar-refractivity contribution in [3.8, 4) is 0 Å². The van der Waals surface area contributed by atoms with Crippen molar-refractivity contribution < 1.29 is 4.79 Å². The topological polar surface area (TPSA) is 41.1 Å². The molecule has 2 N–H and O–H groups in total. The highest BCUT2D eigenvalue weighted by Gasteiger charge is 2.08. The first-order valence-electron chi connectivity index (χ1n) is 5.07. The van der Waals surface area contributed by atoms with Gasteiger partial charge >= 0.3 is 0 Å². The Morgan fingerprint density at radius 3 is 2.56 bits per heavy atom. The smallest absolute Gasteiger partial charge is 0.257 e. The van der Waals surface area contributed by atoms with Crippen molar-refractivity contribution in [2.45, 2.75) is 0 Å². The summed E-state index contributed by atoms with van der Waals surface area (Å²) in [6.07, 6.45) is 0. The fourth-order valence-electron chi connectivity index (χ4n) is 1.28. The van der Waals surface area contributed by atoms with Crippen molar-refractivity contribution in [1.29, 1.82) is 0 Å². The molecule has 92 valence electrons. The maximum atomic E-state index is 11.8. The van der Waals surface area contributed by atoms with E-state index in [1.54, 1.807) is 24.3 Å². The van der Waals surface area contributed by atoms with E-state index < -0.39 is 0 Å². The largest absolute Gasteiger partial charge is 0.323 e. The van der Waals surface area contributed by atoms with Crippen molar-refractivity contribution in [3.63, 3.8) is 0 Å². The fraction of sp³-hybridized carbons (Fsp3) is 0. The second-order valence-electron chi connectivity index (χ2n) is 3.37. The molecule has 0 atom stereocenters. The van der Waals surface area contributed by atoms with Crippen LogP contribution in [0, 0.1) is 0 Å². The van der Waals surface area contributed by atoms with E-state index in [1.165, 1.54) is 11.3 Å². The summed E-state index contributed by atoms with van der Waals surface area (Å²) in [5.41, 5.74) is 0.576. The summed E-state index contributed by atoms with van der Waals surface area (Å²) in [7, 11) is 0. The summed E-state index contributed by atoms with van der Waals surface area (Å²) < 4.78 is 0.920. The number of thiophene rings is 1. The molecule has 2 rings (SSSR count). The zero-order valence-electron chi connectivity index (χ0n) is 9.14. The summed E-state index contributed by atoms with van der Waals surface area (Å²) in [6.45, 7) is 0. The predicted molar refractivity (Wildman–Crippen MR) is 82.1 cm³/mol. The quantitative estimate of drug-likeness (QED) is 0.820. The van der Waals surface area contributed by atoms with Crippen molar-refractivity contribution in [3.05, 3.63) is 51.8 Å². The number of benzene rings is 1. The number of rotatable bonds is 2. The third-order valence-corrected chi connectivity index (χ3v) is 4.06. The summed E-state index contributed by atoms with van der Waals surface area (Å²) in [4.78, 5) is 11.8. The van der Waals surface area contributed by atoms with Crippen LogP contribution < -0.4 is 10.6 Å². The maximum Gasteiger partial charge on any atom is 0.257 e. The van der Waals surface area contributed by atoms with Gasteiger partial charge in [-0.15, -0.1) is 11.3 Å². The molecule has 6 heteroatoms. The monoisotopic (exact) mass is 340 g/mol. The molecule has 3 nitrogen and oxygen atoms in total. The average molecular weight is 341 g/mol. The highest BCUT2D eigenvalue weighted by atomic mass is 79.9. The molecular weight excluding hydrogens is 332 g/mol. The number of hydrogen-bond donors (Lipinski definition) is 2. The van der Waals surface area contributed by atoms with Crippen LogP contribution in [0.2, 0.25) is 0 Å². The molecule has 0 fully saturated rings. The van der Waals surface area contributed by atoms with Gasteiger partial charge < -0.3 is 5.32 Å². The molecule has 0 aliphatic rings. The van der Waals surface area contributed by atoms with E-state index in [4.69, 9.17) is 12.2 Å². The lowest BCUT2D eigenvalue weighted by Crippen LogP contribution is -2.33. The maximum absolute atomic E-state index is 11.8. The molecule has 0 saturated heterocycles. The van der Waals surface area contributed by atoms with E-state index in [0.717, 1.165) is 9.47 Å². The molecule has 0 aliphatic carbocycles. The van der Waals surface area contributed by atoms with Crippen LogP contribution in [0.3, 0.4) is 0 Å². The Labute approximate surface area is 122 Å². The molecule has 18 heavy (non-hydrogen) atoms. The zero-order chi connectivity index (χ0) is 13.0. The highest BCUT2D eigenvalue weighted by Crippen LogP contribution is 2.28. The van der Waals surface area contributed by atoms with Crippen molar-refractivity contribution in [2.24, 2.45) is 0 Å². The van der Waals surface area contributed by atoms with Gasteiger partial charge in [-0.05, 0) is 51.7 Å². The van der Waals surface area contributed by atoms with Gasteiger partial charge in [-0.3, -0.25) is 10.1 Å². The van der Waals surface area contributed by atoms with Crippen molar-refractivity contribution in [1.82, 2.24) is 5.32 Å². The Balaban J connectivity index is 1.96. The minimum atomic E-state index is -0.222. The Bertz CT molecular complexity index is 568. The minimum Gasteiger partial charge on any atom is -0.323 e. The molecule has 1 aromatic heterocycles. The minimum absolute atomic E-state index is 0.222. The van der Waals surface area contributed by atoms with E-state index in [-0.39, 0.29) is 11.0 Å². The van der Waals surface area contributed by atoms with Gasteiger partial charge in [0, 0.05) is 5.56 Å². The van der Waals surface area contributed by atoms with Crippen LogP contribution in [0.4, 0.5) is 5.00 Å². The Hall–Kier alpha value is -1.24. The van der Waals surface area contributed by atoms with Gasteiger partial charge in [0.2, 0.25) is 0 Å². The Morgan fingerprint density at radius 2 is 1.94 bits per heavy atom. The molecule has 0 spiro atoms. The Morgan fingerprint density at radius 1 is 1.22 bits per heavy atom. The molecule has 1 heterocycles. The Kier molecular flexibility index (Phi) is 4.46. The number of carbonyl (C=O) groups is 1. The van der Waals surface area contributed by atoms with Gasteiger partial charge in [0.25, 0.3) is 5.91 Å². The number of hydrogen-bond acceptors (Lipinski definition) is 3. The first kappa shape index (κ1) is 13.2. The molecule has 1 aromatic carbocycles. The van der Waals surface area contributed by atoms with E-state index >= 15 is 0 Å². The van der Waals surface area contributed by atoms with E-state index in [2.05, 4.69) is 26.6 Å². The average Bonchev–Trinajstić information content (AvgIpc) is 2.76. The number of halogens is 1. The highest BCUT2D eigenvalue weighted by molar-refractivity contribution is 9.10. The van der Waals surface area contributed by atoms with Gasteiger partial charge in [0.1, 0.15) is 5.00 Å². The number of amides is 1. The molecule has 1 amide bonds. The first-order chi connectivity index (χ1) is 8.66. The van der Waals surface area contributed by atoms with Crippen LogP contribution in [-0.4, -0.2) is 11.0 Å². The van der Waals surface area contributed by atoms with Crippen LogP contribution >= 0.6 is 39.5 Å². The molecule has 0 radical (unpaired) electrons. The van der Waals surface area contributed by atoms with Gasteiger partial charge in [-0.1, -0.05) is 18.2 Å². The number of nitrogens with one attached hydrogen (secondary N) is 2. The molecular formula is C12H9BrN2OS2. The van der Waals surface area contributed by atoms with Crippen molar-refractivity contribution in [2.75, 3.05) is 5.32 Å². The zero-order valence-corrected chi connectivity index (χ0v) is 12.4. The lowest BCUT2D eigenvalue weighted by Gasteiger charge is -2.08. The van der Waals surface area contributed by atoms with Gasteiger partial charge in [-0.25, -0.2) is 0 Å². The summed E-state index contributed by atoms with van der Waals surface area (Å²) in [5, 5.41) is 8.67. The summed E-state index contributed by atoms with van der Waals surface area (Å²) in [5.74, 6) is -0.222. The van der Waals surface area contributed by atoms with E-state index in [1.807, 2.05) is 17.5 Å². The fourth-order valence-corrected chi connectivity index (χ4v) is 2.91. The second-order valence-corrected chi connectivity index (χ2v) is 5.55. The third-order valence-electron chi connectivity index (χ3n) is 2.11. The first-order valence-corrected chi connectivity index (χ1v) is 7.15.